The lowest BCUT2D eigenvalue weighted by molar-refractivity contribution is -0.00000183. The van der Waals surface area contributed by atoms with Crippen molar-refractivity contribution in [1.82, 2.24) is 0 Å². The molecule has 1 aliphatic rings. The number of hydrogen-bond donors (Lipinski definition) is 0. The van der Waals surface area contributed by atoms with Crippen LogP contribution in [0.4, 0.5) is 0 Å². The van der Waals surface area contributed by atoms with E-state index in [-0.39, 0.29) is 12.4 Å². The van der Waals surface area contributed by atoms with Gasteiger partial charge in [-0.15, -0.1) is 0 Å². The Morgan fingerprint density at radius 1 is 1.10 bits per heavy atom. The predicted molar refractivity (Wildman–Crippen MR) is 46.6 cm³/mol. The summed E-state index contributed by atoms with van der Waals surface area (Å²) in [6, 6.07) is 0. The summed E-state index contributed by atoms with van der Waals surface area (Å²) in [6.45, 7) is 4.34. The molecule has 0 aromatic heterocycles. The molecule has 0 fully saturated rings. The van der Waals surface area contributed by atoms with Crippen molar-refractivity contribution >= 4 is 30.5 Å². The first kappa shape index (κ1) is 10.8. The lowest BCUT2D eigenvalue weighted by atomic mass is 10.6. The first-order chi connectivity index (χ1) is 4.01. The minimum atomic E-state index is -0.993. The van der Waals surface area contributed by atoms with Gasteiger partial charge in [-0.25, -0.2) is 0 Å². The van der Waals surface area contributed by atoms with Crippen molar-refractivity contribution < 1.29 is 12.4 Å². The highest BCUT2D eigenvalue weighted by atomic mass is 35.5. The van der Waals surface area contributed by atoms with Crippen molar-refractivity contribution in [2.75, 3.05) is 13.3 Å². The van der Waals surface area contributed by atoms with E-state index in [4.69, 9.17) is 23.2 Å². The summed E-state index contributed by atoms with van der Waals surface area (Å²) < 4.78 is 0. The standard InChI is InChI=1S/C6H8Cl2P.ClH/c1-9(2)3-5(7)6(8)4-9;/h3-4H,1-2H3;1H/q+1;/p-1. The Kier molecular flexibility index (Phi) is 3.72. The van der Waals surface area contributed by atoms with Gasteiger partial charge in [0, 0.05) is 0 Å². The van der Waals surface area contributed by atoms with Crippen LogP contribution in [0.1, 0.15) is 0 Å². The van der Waals surface area contributed by atoms with Crippen LogP contribution < -0.4 is 12.4 Å². The van der Waals surface area contributed by atoms with Crippen LogP contribution >= 0.6 is 30.5 Å². The summed E-state index contributed by atoms with van der Waals surface area (Å²) >= 11 is 11.5. The van der Waals surface area contributed by atoms with Crippen LogP contribution in [-0.4, -0.2) is 13.3 Å². The molecule has 1 aliphatic heterocycles. The molecule has 0 nitrogen and oxygen atoms in total. The van der Waals surface area contributed by atoms with E-state index in [0.717, 1.165) is 10.1 Å². The van der Waals surface area contributed by atoms with E-state index in [1.165, 1.54) is 0 Å². The Morgan fingerprint density at radius 3 is 1.50 bits per heavy atom. The molecule has 4 heteroatoms. The Morgan fingerprint density at radius 2 is 1.40 bits per heavy atom. The third-order valence-electron chi connectivity index (χ3n) is 1.12. The van der Waals surface area contributed by atoms with Crippen LogP contribution in [0.2, 0.25) is 0 Å². The fraction of sp³-hybridized carbons (Fsp3) is 0.333. The maximum Gasteiger partial charge on any atom is 0.0976 e. The Bertz CT molecular complexity index is 173. The van der Waals surface area contributed by atoms with Crippen LogP contribution in [0.15, 0.2) is 21.7 Å². The number of hydrogen-bond acceptors (Lipinski definition) is 0. The van der Waals surface area contributed by atoms with E-state index < -0.39 is 7.26 Å². The summed E-state index contributed by atoms with van der Waals surface area (Å²) in [4.78, 5) is 0. The monoisotopic (exact) mass is 216 g/mol. The number of rotatable bonds is 0. The van der Waals surface area contributed by atoms with E-state index in [1.54, 1.807) is 0 Å². The van der Waals surface area contributed by atoms with Crippen LogP contribution in [-0.2, 0) is 0 Å². The highest BCUT2D eigenvalue weighted by Crippen LogP contribution is 2.62. The summed E-state index contributed by atoms with van der Waals surface area (Å²) in [6.07, 6.45) is 0. The molecule has 0 bridgehead atoms. The van der Waals surface area contributed by atoms with Gasteiger partial charge in [0.05, 0.1) is 42.3 Å². The quantitative estimate of drug-likeness (QED) is 0.517. The topological polar surface area (TPSA) is 0 Å². The fourth-order valence-electron chi connectivity index (χ4n) is 0.745. The van der Waals surface area contributed by atoms with Gasteiger partial charge in [0.2, 0.25) is 0 Å². The van der Waals surface area contributed by atoms with Gasteiger partial charge in [0.25, 0.3) is 0 Å². The van der Waals surface area contributed by atoms with Crippen molar-refractivity contribution in [3.05, 3.63) is 21.7 Å². The van der Waals surface area contributed by atoms with E-state index >= 15 is 0 Å². The molecule has 0 N–H and O–H groups in total. The second kappa shape index (κ2) is 3.45. The summed E-state index contributed by atoms with van der Waals surface area (Å²) in [5, 5.41) is 1.44. The van der Waals surface area contributed by atoms with Gasteiger partial charge >= 0.3 is 0 Å². The molecular weight excluding hydrogens is 209 g/mol. The predicted octanol–water partition coefficient (Wildman–Crippen LogP) is 0.442. The lowest BCUT2D eigenvalue weighted by Gasteiger charge is -1.98. The summed E-state index contributed by atoms with van der Waals surface area (Å²) in [5.74, 6) is 4.10. The molecule has 0 amide bonds. The zero-order valence-corrected chi connectivity index (χ0v) is 8.90. The van der Waals surface area contributed by atoms with Crippen molar-refractivity contribution in [2.24, 2.45) is 0 Å². The van der Waals surface area contributed by atoms with Gasteiger partial charge in [-0.05, 0) is 0 Å². The molecule has 1 rings (SSSR count). The van der Waals surface area contributed by atoms with Gasteiger partial charge in [0.15, 0.2) is 0 Å². The minimum Gasteiger partial charge on any atom is -1.00 e. The third-order valence-corrected chi connectivity index (χ3v) is 3.99. The van der Waals surface area contributed by atoms with Crippen molar-refractivity contribution in [3.63, 3.8) is 0 Å². The Labute approximate surface area is 78.0 Å². The van der Waals surface area contributed by atoms with Crippen molar-refractivity contribution in [2.45, 2.75) is 0 Å². The zero-order chi connectivity index (χ0) is 7.07. The molecule has 58 valence electrons. The van der Waals surface area contributed by atoms with E-state index in [0.29, 0.717) is 0 Å². The van der Waals surface area contributed by atoms with E-state index in [1.807, 2.05) is 0 Å². The molecule has 0 atom stereocenters. The second-order valence-electron chi connectivity index (χ2n) is 2.58. The second-order valence-corrected chi connectivity index (χ2v) is 7.17. The van der Waals surface area contributed by atoms with Gasteiger partial charge in [-0.1, -0.05) is 23.2 Å². The molecule has 0 aromatic rings. The maximum absolute atomic E-state index is 5.74. The number of allylic oxidation sites excluding steroid dienone is 2. The first-order valence-corrected chi connectivity index (χ1v) is 6.19. The Hall–Kier alpha value is 0.780. The van der Waals surface area contributed by atoms with Crippen molar-refractivity contribution in [1.29, 1.82) is 0 Å². The van der Waals surface area contributed by atoms with Crippen molar-refractivity contribution in [3.8, 4) is 0 Å². The molecule has 0 unspecified atom stereocenters. The zero-order valence-electron chi connectivity index (χ0n) is 5.74. The summed E-state index contributed by atoms with van der Waals surface area (Å²) in [5.41, 5.74) is 0. The van der Waals surface area contributed by atoms with E-state index in [9.17, 15) is 0 Å². The van der Waals surface area contributed by atoms with Gasteiger partial charge in [-0.2, -0.15) is 0 Å². The average molecular weight is 217 g/mol. The van der Waals surface area contributed by atoms with Gasteiger partial charge in [-0.3, -0.25) is 0 Å². The van der Waals surface area contributed by atoms with Gasteiger partial charge < -0.3 is 12.4 Å². The molecule has 0 radical (unpaired) electrons. The molecule has 0 spiro atoms. The van der Waals surface area contributed by atoms with E-state index in [2.05, 4.69) is 25.0 Å². The highest BCUT2D eigenvalue weighted by Gasteiger charge is 2.28. The molecule has 0 saturated carbocycles. The molecule has 0 saturated heterocycles. The largest absolute Gasteiger partial charge is 1.00 e. The normalized spacial score (nSPS) is 21.2. The van der Waals surface area contributed by atoms with Crippen LogP contribution in [0, 0.1) is 0 Å². The minimum absolute atomic E-state index is 0. The number of halogens is 3. The summed E-state index contributed by atoms with van der Waals surface area (Å²) in [7, 11) is -0.993. The lowest BCUT2D eigenvalue weighted by Crippen LogP contribution is -3.00. The molecule has 1 heterocycles. The van der Waals surface area contributed by atoms with Crippen LogP contribution in [0.25, 0.3) is 0 Å². The Balaban J connectivity index is 0.000000810. The smallest absolute Gasteiger partial charge is 0.0976 e. The SMILES string of the molecule is C[P+]1(C)C=C(Cl)C(Cl)=C1.[Cl-]. The highest BCUT2D eigenvalue weighted by molar-refractivity contribution is 7.80. The third kappa shape index (κ3) is 2.43. The van der Waals surface area contributed by atoms with Crippen LogP contribution in [0.5, 0.6) is 0 Å². The average Bonchev–Trinajstić information content (AvgIpc) is 1.79. The maximum atomic E-state index is 5.74. The molecule has 10 heavy (non-hydrogen) atoms. The molecule has 0 aliphatic carbocycles. The fourth-order valence-corrected chi connectivity index (χ4v) is 4.04. The first-order valence-electron chi connectivity index (χ1n) is 2.62. The molecule has 0 aromatic carbocycles. The van der Waals surface area contributed by atoms with Crippen LogP contribution in [0.3, 0.4) is 0 Å². The van der Waals surface area contributed by atoms with Gasteiger partial charge in [0.1, 0.15) is 0 Å². The molecular formula is C6H8Cl3P.